The Morgan fingerprint density at radius 1 is 0.967 bits per heavy atom. The van der Waals surface area contributed by atoms with Crippen molar-refractivity contribution in [3.63, 3.8) is 0 Å². The van der Waals surface area contributed by atoms with Gasteiger partial charge in [0.1, 0.15) is 5.76 Å². The highest BCUT2D eigenvalue weighted by Crippen LogP contribution is 2.22. The smallest absolute Gasteiger partial charge is 0.234 e. The van der Waals surface area contributed by atoms with E-state index in [4.69, 9.17) is 4.42 Å². The molecule has 5 heteroatoms. The lowest BCUT2D eigenvalue weighted by atomic mass is 10.0. The van der Waals surface area contributed by atoms with Gasteiger partial charge in [-0.3, -0.25) is 15.0 Å². The van der Waals surface area contributed by atoms with E-state index in [0.717, 1.165) is 43.8 Å². The standard InChI is InChI=1S/C25H29N3O2/c29-24(18-26-25(23-12-7-17-30-23)21-10-5-2-6-11-21)27-22-13-15-28(16-14-22)19-20-8-3-1-4-9-20/h1-12,17,22,25-26H,13-16,18-19H2,(H,27,29)/t25-/m0/s1. The minimum absolute atomic E-state index is 0.0315. The summed E-state index contributed by atoms with van der Waals surface area (Å²) in [6.07, 6.45) is 3.63. The summed E-state index contributed by atoms with van der Waals surface area (Å²) in [4.78, 5) is 15.0. The van der Waals surface area contributed by atoms with Crippen molar-refractivity contribution in [3.05, 3.63) is 95.9 Å². The van der Waals surface area contributed by atoms with Crippen LogP contribution in [0.15, 0.2) is 83.5 Å². The number of likely N-dealkylation sites (tertiary alicyclic amines) is 1. The van der Waals surface area contributed by atoms with Crippen LogP contribution in [0, 0.1) is 0 Å². The van der Waals surface area contributed by atoms with Gasteiger partial charge in [0.25, 0.3) is 0 Å². The fraction of sp³-hybridized carbons (Fsp3) is 0.320. The third kappa shape index (κ3) is 5.59. The molecule has 3 aromatic rings. The fourth-order valence-corrected chi connectivity index (χ4v) is 4.03. The maximum Gasteiger partial charge on any atom is 0.234 e. The largest absolute Gasteiger partial charge is 0.467 e. The molecule has 0 saturated carbocycles. The second-order valence-corrected chi connectivity index (χ2v) is 7.84. The number of rotatable bonds is 8. The molecule has 1 atom stereocenters. The van der Waals surface area contributed by atoms with E-state index in [1.807, 2.05) is 48.5 Å². The summed E-state index contributed by atoms with van der Waals surface area (Å²) in [5.41, 5.74) is 2.42. The number of carbonyl (C=O) groups is 1. The number of nitrogens with zero attached hydrogens (tertiary/aromatic N) is 1. The third-order valence-electron chi connectivity index (χ3n) is 5.63. The van der Waals surface area contributed by atoms with Crippen molar-refractivity contribution in [1.29, 1.82) is 0 Å². The Hall–Kier alpha value is -2.89. The molecular weight excluding hydrogens is 374 g/mol. The average molecular weight is 404 g/mol. The van der Waals surface area contributed by atoms with E-state index >= 15 is 0 Å². The highest BCUT2D eigenvalue weighted by atomic mass is 16.3. The molecule has 1 aliphatic rings. The Bertz CT molecular complexity index is 889. The first-order chi connectivity index (χ1) is 14.8. The molecule has 0 radical (unpaired) electrons. The monoisotopic (exact) mass is 403 g/mol. The van der Waals surface area contributed by atoms with E-state index < -0.39 is 0 Å². The Morgan fingerprint density at radius 2 is 1.67 bits per heavy atom. The maximum absolute atomic E-state index is 12.6. The third-order valence-corrected chi connectivity index (χ3v) is 5.63. The Labute approximate surface area is 178 Å². The van der Waals surface area contributed by atoms with Gasteiger partial charge in [0.05, 0.1) is 18.8 Å². The maximum atomic E-state index is 12.6. The lowest BCUT2D eigenvalue weighted by Gasteiger charge is -2.32. The molecule has 30 heavy (non-hydrogen) atoms. The van der Waals surface area contributed by atoms with E-state index in [2.05, 4.69) is 39.8 Å². The van der Waals surface area contributed by atoms with E-state index in [9.17, 15) is 4.79 Å². The zero-order chi connectivity index (χ0) is 20.6. The van der Waals surface area contributed by atoms with Crippen LogP contribution in [0.3, 0.4) is 0 Å². The zero-order valence-electron chi connectivity index (χ0n) is 17.2. The first kappa shape index (κ1) is 20.4. The summed E-state index contributed by atoms with van der Waals surface area (Å²) in [5, 5.41) is 6.55. The molecule has 5 nitrogen and oxygen atoms in total. The van der Waals surface area contributed by atoms with Crippen LogP contribution in [0.5, 0.6) is 0 Å². The normalized spacial score (nSPS) is 16.3. The highest BCUT2D eigenvalue weighted by molar-refractivity contribution is 5.78. The molecule has 1 amide bonds. The summed E-state index contributed by atoms with van der Waals surface area (Å²) in [6.45, 7) is 3.24. The van der Waals surface area contributed by atoms with Crippen LogP contribution < -0.4 is 10.6 Å². The van der Waals surface area contributed by atoms with Gasteiger partial charge >= 0.3 is 0 Å². The topological polar surface area (TPSA) is 57.5 Å². The van der Waals surface area contributed by atoms with Crippen molar-refractivity contribution in [3.8, 4) is 0 Å². The first-order valence-electron chi connectivity index (χ1n) is 10.7. The number of furan rings is 1. The summed E-state index contributed by atoms with van der Waals surface area (Å²) in [5.74, 6) is 0.840. The average Bonchev–Trinajstić information content (AvgIpc) is 3.31. The van der Waals surface area contributed by atoms with Gasteiger partial charge in [-0.15, -0.1) is 0 Å². The van der Waals surface area contributed by atoms with Gasteiger partial charge in [0.2, 0.25) is 5.91 Å². The van der Waals surface area contributed by atoms with Crippen molar-refractivity contribution in [2.24, 2.45) is 0 Å². The quantitative estimate of drug-likeness (QED) is 0.602. The number of hydrogen-bond acceptors (Lipinski definition) is 4. The number of nitrogens with one attached hydrogen (secondary N) is 2. The highest BCUT2D eigenvalue weighted by Gasteiger charge is 2.22. The molecule has 0 spiro atoms. The number of hydrogen-bond donors (Lipinski definition) is 2. The van der Waals surface area contributed by atoms with Gasteiger partial charge in [0, 0.05) is 25.7 Å². The van der Waals surface area contributed by atoms with Crippen molar-refractivity contribution >= 4 is 5.91 Å². The minimum Gasteiger partial charge on any atom is -0.467 e. The summed E-state index contributed by atoms with van der Waals surface area (Å²) < 4.78 is 5.59. The molecule has 1 aromatic heterocycles. The van der Waals surface area contributed by atoms with Gasteiger partial charge in [0.15, 0.2) is 0 Å². The lowest BCUT2D eigenvalue weighted by Crippen LogP contribution is -2.47. The van der Waals surface area contributed by atoms with Crippen LogP contribution in [0.2, 0.25) is 0 Å². The molecule has 2 N–H and O–H groups in total. The predicted molar refractivity (Wildman–Crippen MR) is 118 cm³/mol. The lowest BCUT2D eigenvalue weighted by molar-refractivity contribution is -0.121. The second-order valence-electron chi connectivity index (χ2n) is 7.84. The van der Waals surface area contributed by atoms with Gasteiger partial charge < -0.3 is 9.73 Å². The van der Waals surface area contributed by atoms with Gasteiger partial charge in [-0.2, -0.15) is 0 Å². The van der Waals surface area contributed by atoms with Crippen LogP contribution in [-0.4, -0.2) is 36.5 Å². The molecule has 1 saturated heterocycles. The van der Waals surface area contributed by atoms with Gasteiger partial charge in [-0.1, -0.05) is 60.7 Å². The van der Waals surface area contributed by atoms with E-state index in [1.54, 1.807) is 6.26 Å². The van der Waals surface area contributed by atoms with Crippen LogP contribution in [0.4, 0.5) is 0 Å². The molecule has 4 rings (SSSR count). The van der Waals surface area contributed by atoms with Gasteiger partial charge in [-0.25, -0.2) is 0 Å². The van der Waals surface area contributed by atoms with E-state index in [0.29, 0.717) is 0 Å². The van der Waals surface area contributed by atoms with Crippen LogP contribution in [0.1, 0.15) is 35.8 Å². The van der Waals surface area contributed by atoms with E-state index in [-0.39, 0.29) is 24.5 Å². The first-order valence-corrected chi connectivity index (χ1v) is 10.7. The van der Waals surface area contributed by atoms with Crippen molar-refractivity contribution in [2.75, 3.05) is 19.6 Å². The Balaban J connectivity index is 1.24. The number of benzene rings is 2. The molecule has 2 aromatic carbocycles. The molecule has 0 aliphatic carbocycles. The SMILES string of the molecule is O=C(CN[C@@H](c1ccccc1)c1ccco1)NC1CCN(Cc2ccccc2)CC1. The molecule has 1 fully saturated rings. The number of carbonyl (C=O) groups excluding carboxylic acids is 1. The van der Waals surface area contributed by atoms with Crippen molar-refractivity contribution < 1.29 is 9.21 Å². The van der Waals surface area contributed by atoms with Crippen LogP contribution in [-0.2, 0) is 11.3 Å². The van der Waals surface area contributed by atoms with Crippen molar-refractivity contribution in [2.45, 2.75) is 31.5 Å². The summed E-state index contributed by atoms with van der Waals surface area (Å²) in [7, 11) is 0. The zero-order valence-corrected chi connectivity index (χ0v) is 17.2. The Morgan fingerprint density at radius 3 is 2.33 bits per heavy atom. The summed E-state index contributed by atoms with van der Waals surface area (Å²) >= 11 is 0. The minimum atomic E-state index is -0.139. The molecular formula is C25H29N3O2. The van der Waals surface area contributed by atoms with E-state index in [1.165, 1.54) is 5.56 Å². The summed E-state index contributed by atoms with van der Waals surface area (Å²) in [6, 6.07) is 24.5. The molecule has 0 unspecified atom stereocenters. The molecule has 0 bridgehead atoms. The van der Waals surface area contributed by atoms with Gasteiger partial charge in [-0.05, 0) is 36.1 Å². The second kappa shape index (κ2) is 10.2. The molecule has 1 aliphatic heterocycles. The molecule has 2 heterocycles. The Kier molecular flexibility index (Phi) is 6.95. The predicted octanol–water partition coefficient (Wildman–Crippen LogP) is 3.74. The molecule has 156 valence electrons. The number of amides is 1. The van der Waals surface area contributed by atoms with Crippen molar-refractivity contribution in [1.82, 2.24) is 15.5 Å². The van der Waals surface area contributed by atoms with Crippen LogP contribution >= 0.6 is 0 Å². The number of piperidine rings is 1. The fourth-order valence-electron chi connectivity index (χ4n) is 4.03. The van der Waals surface area contributed by atoms with Crippen LogP contribution in [0.25, 0.3) is 0 Å².